The van der Waals surface area contributed by atoms with Crippen LogP contribution in [0.4, 0.5) is 10.3 Å². The van der Waals surface area contributed by atoms with Gasteiger partial charge in [0, 0.05) is 42.7 Å². The lowest BCUT2D eigenvalue weighted by Crippen LogP contribution is -2.36. The Bertz CT molecular complexity index is 1580. The number of carbonyl (C=O) groups is 1. The summed E-state index contributed by atoms with van der Waals surface area (Å²) in [5, 5.41) is 10.1. The van der Waals surface area contributed by atoms with Crippen molar-refractivity contribution in [1.82, 2.24) is 24.5 Å². The van der Waals surface area contributed by atoms with Crippen molar-refractivity contribution in [3.8, 4) is 11.4 Å². The number of hydrogen-bond donors (Lipinski definition) is 0. The first kappa shape index (κ1) is 22.2. The first-order valence-electron chi connectivity index (χ1n) is 12.1. The van der Waals surface area contributed by atoms with Crippen LogP contribution in [0.2, 0.25) is 0 Å². The number of carbonyl (C=O) groups excluding carboxylic acids is 1. The monoisotopic (exact) mass is 480 g/mol. The van der Waals surface area contributed by atoms with Crippen LogP contribution in [0.3, 0.4) is 0 Å². The number of aryl methyl sites for hydroxylation is 1. The van der Waals surface area contributed by atoms with Crippen LogP contribution in [-0.4, -0.2) is 56.6 Å². The molecule has 3 aromatic carbocycles. The Labute approximate surface area is 207 Å². The molecule has 6 rings (SSSR count). The number of nitrogens with zero attached hydrogens (tertiary/aromatic N) is 6. The zero-order chi connectivity index (χ0) is 24.6. The lowest BCUT2D eigenvalue weighted by Gasteiger charge is -2.24. The molecule has 0 unspecified atom stereocenters. The zero-order valence-corrected chi connectivity index (χ0v) is 19.9. The van der Waals surface area contributed by atoms with Crippen LogP contribution < -0.4 is 4.90 Å². The van der Waals surface area contributed by atoms with E-state index < -0.39 is 5.82 Å². The number of halogens is 1. The van der Waals surface area contributed by atoms with Gasteiger partial charge in [-0.3, -0.25) is 4.79 Å². The molecule has 2 aromatic heterocycles. The van der Waals surface area contributed by atoms with Gasteiger partial charge in [0.25, 0.3) is 5.91 Å². The second-order valence-corrected chi connectivity index (χ2v) is 9.12. The third-order valence-corrected chi connectivity index (χ3v) is 6.68. The highest BCUT2D eigenvalue weighted by atomic mass is 19.1. The summed E-state index contributed by atoms with van der Waals surface area (Å²) in [4.78, 5) is 22.1. The fraction of sp³-hybridized carbons (Fsp3) is 0.214. The quantitative estimate of drug-likeness (QED) is 0.373. The maximum atomic E-state index is 13.7. The summed E-state index contributed by atoms with van der Waals surface area (Å²) in [6, 6.07) is 22.0. The summed E-state index contributed by atoms with van der Waals surface area (Å²) < 4.78 is 15.7. The SMILES string of the molecule is Cc1ccc(-c2nnc3c4ccccc4nc(N4CCCN(C(=O)c5cccc(F)c5)CC4)n23)cc1. The Morgan fingerprint density at radius 2 is 1.72 bits per heavy atom. The molecule has 1 fully saturated rings. The number of hydrogen-bond acceptors (Lipinski definition) is 5. The molecule has 0 radical (unpaired) electrons. The van der Waals surface area contributed by atoms with E-state index in [0.717, 1.165) is 46.9 Å². The van der Waals surface area contributed by atoms with E-state index in [1.165, 1.54) is 17.7 Å². The van der Waals surface area contributed by atoms with E-state index in [1.54, 1.807) is 17.0 Å². The van der Waals surface area contributed by atoms with Gasteiger partial charge in [-0.2, -0.15) is 0 Å². The van der Waals surface area contributed by atoms with Crippen LogP contribution in [0.25, 0.3) is 27.9 Å². The predicted octanol–water partition coefficient (Wildman–Crippen LogP) is 4.74. The second-order valence-electron chi connectivity index (χ2n) is 9.12. The van der Waals surface area contributed by atoms with E-state index in [-0.39, 0.29) is 5.91 Å². The average Bonchev–Trinajstić information content (AvgIpc) is 3.20. The van der Waals surface area contributed by atoms with Crippen molar-refractivity contribution in [2.75, 3.05) is 31.1 Å². The Morgan fingerprint density at radius 3 is 2.56 bits per heavy atom. The molecule has 0 bridgehead atoms. The number of aromatic nitrogens is 4. The first-order valence-corrected chi connectivity index (χ1v) is 12.1. The molecule has 0 saturated carbocycles. The van der Waals surface area contributed by atoms with Crippen molar-refractivity contribution >= 4 is 28.4 Å². The summed E-state index contributed by atoms with van der Waals surface area (Å²) >= 11 is 0. The molecule has 0 N–H and O–H groups in total. The van der Waals surface area contributed by atoms with E-state index in [4.69, 9.17) is 4.98 Å². The van der Waals surface area contributed by atoms with Crippen molar-refractivity contribution in [3.05, 3.63) is 89.7 Å². The number of rotatable bonds is 3. The molecule has 1 amide bonds. The summed E-state index contributed by atoms with van der Waals surface area (Å²) in [5.41, 5.74) is 4.11. The summed E-state index contributed by atoms with van der Waals surface area (Å²) in [6.45, 7) is 4.47. The molecule has 1 aliphatic heterocycles. The Balaban J connectivity index is 1.40. The third-order valence-electron chi connectivity index (χ3n) is 6.68. The van der Waals surface area contributed by atoms with Crippen LogP contribution in [0.1, 0.15) is 22.3 Å². The Kier molecular flexibility index (Phi) is 5.56. The molecule has 5 aromatic rings. The van der Waals surface area contributed by atoms with E-state index in [0.29, 0.717) is 25.2 Å². The van der Waals surface area contributed by atoms with E-state index in [2.05, 4.69) is 34.2 Å². The van der Waals surface area contributed by atoms with Gasteiger partial charge in [-0.1, -0.05) is 48.0 Å². The smallest absolute Gasteiger partial charge is 0.254 e. The molecule has 1 saturated heterocycles. The normalized spacial score (nSPS) is 14.4. The van der Waals surface area contributed by atoms with Gasteiger partial charge in [-0.05, 0) is 43.7 Å². The maximum absolute atomic E-state index is 13.7. The fourth-order valence-electron chi connectivity index (χ4n) is 4.79. The number of fused-ring (bicyclic) bond motifs is 3. The van der Waals surface area contributed by atoms with Gasteiger partial charge < -0.3 is 9.80 Å². The van der Waals surface area contributed by atoms with Crippen molar-refractivity contribution < 1.29 is 9.18 Å². The molecule has 7 nitrogen and oxygen atoms in total. The summed E-state index contributed by atoms with van der Waals surface area (Å²) in [6.07, 6.45) is 0.763. The van der Waals surface area contributed by atoms with Crippen molar-refractivity contribution in [1.29, 1.82) is 0 Å². The zero-order valence-electron chi connectivity index (χ0n) is 19.9. The molecular formula is C28H25FN6O. The molecule has 3 heterocycles. The van der Waals surface area contributed by atoms with Crippen molar-refractivity contribution in [2.24, 2.45) is 0 Å². The largest absolute Gasteiger partial charge is 0.340 e. The van der Waals surface area contributed by atoms with Crippen LogP contribution >= 0.6 is 0 Å². The molecule has 1 aliphatic rings. The highest BCUT2D eigenvalue weighted by Gasteiger charge is 2.25. The Hall–Kier alpha value is -4.33. The molecule has 0 spiro atoms. The molecular weight excluding hydrogens is 455 g/mol. The van der Waals surface area contributed by atoms with Crippen LogP contribution in [0.15, 0.2) is 72.8 Å². The third kappa shape index (κ3) is 3.94. The number of benzene rings is 3. The van der Waals surface area contributed by atoms with E-state index >= 15 is 0 Å². The first-order chi connectivity index (χ1) is 17.6. The van der Waals surface area contributed by atoms with Gasteiger partial charge in [0.05, 0.1) is 5.52 Å². The topological polar surface area (TPSA) is 66.6 Å². The number of para-hydroxylation sites is 1. The standard InChI is InChI=1S/C28H25FN6O/c1-19-10-12-20(13-11-19)25-31-32-26-23-8-2-3-9-24(23)30-28(35(25)26)34-15-5-14-33(16-17-34)27(36)21-6-4-7-22(29)18-21/h2-4,6-13,18H,5,14-17H2,1H3. The second kappa shape index (κ2) is 9.03. The molecule has 36 heavy (non-hydrogen) atoms. The molecule has 0 atom stereocenters. The van der Waals surface area contributed by atoms with Crippen LogP contribution in [0.5, 0.6) is 0 Å². The van der Waals surface area contributed by atoms with Gasteiger partial charge in [0.2, 0.25) is 5.95 Å². The van der Waals surface area contributed by atoms with Crippen LogP contribution in [-0.2, 0) is 0 Å². The summed E-state index contributed by atoms with van der Waals surface area (Å²) in [5.74, 6) is 0.924. The van der Waals surface area contributed by atoms with Gasteiger partial charge in [0.1, 0.15) is 5.82 Å². The lowest BCUT2D eigenvalue weighted by atomic mass is 10.1. The van der Waals surface area contributed by atoms with Gasteiger partial charge >= 0.3 is 0 Å². The van der Waals surface area contributed by atoms with E-state index in [9.17, 15) is 9.18 Å². The predicted molar refractivity (Wildman–Crippen MR) is 138 cm³/mol. The highest BCUT2D eigenvalue weighted by Crippen LogP contribution is 2.29. The lowest BCUT2D eigenvalue weighted by molar-refractivity contribution is 0.0766. The minimum absolute atomic E-state index is 0.155. The van der Waals surface area contributed by atoms with E-state index in [1.807, 2.05) is 40.8 Å². The molecule has 0 aliphatic carbocycles. The minimum atomic E-state index is -0.406. The van der Waals surface area contributed by atoms with Crippen molar-refractivity contribution in [3.63, 3.8) is 0 Å². The minimum Gasteiger partial charge on any atom is -0.340 e. The van der Waals surface area contributed by atoms with Gasteiger partial charge in [-0.15, -0.1) is 10.2 Å². The highest BCUT2D eigenvalue weighted by molar-refractivity contribution is 5.94. The van der Waals surface area contributed by atoms with Gasteiger partial charge in [0.15, 0.2) is 11.5 Å². The van der Waals surface area contributed by atoms with Crippen molar-refractivity contribution in [2.45, 2.75) is 13.3 Å². The summed E-state index contributed by atoms with van der Waals surface area (Å²) in [7, 11) is 0. The van der Waals surface area contributed by atoms with Crippen LogP contribution in [0, 0.1) is 12.7 Å². The molecule has 180 valence electrons. The fourth-order valence-corrected chi connectivity index (χ4v) is 4.79. The molecule has 8 heteroatoms. The number of anilines is 1. The van der Waals surface area contributed by atoms with Gasteiger partial charge in [-0.25, -0.2) is 13.8 Å². The number of amides is 1. The maximum Gasteiger partial charge on any atom is 0.254 e. The average molecular weight is 481 g/mol. The Morgan fingerprint density at radius 1 is 0.889 bits per heavy atom.